The normalized spacial score (nSPS) is 58.7. The lowest BCUT2D eigenvalue weighted by Crippen LogP contribution is -2.65. The highest BCUT2D eigenvalue weighted by molar-refractivity contribution is 5.33. The second-order valence-electron chi connectivity index (χ2n) is 21.1. The summed E-state index contributed by atoms with van der Waals surface area (Å²) in [6.45, 7) is 13.8. The molecule has 8 aliphatic rings. The molecule has 9 N–H and O–H groups in total. The van der Waals surface area contributed by atoms with Crippen molar-refractivity contribution in [3.05, 3.63) is 0 Å². The molecule has 0 radical (unpaired) electrons. The van der Waals surface area contributed by atoms with Crippen molar-refractivity contribution < 1.29 is 69.6 Å². The quantitative estimate of drug-likeness (QED) is 0.162. The Morgan fingerprint density at radius 1 is 0.709 bits per heavy atom. The van der Waals surface area contributed by atoms with Crippen molar-refractivity contribution >= 4 is 0 Å². The zero-order valence-corrected chi connectivity index (χ0v) is 33.6. The van der Waals surface area contributed by atoms with Gasteiger partial charge in [-0.3, -0.25) is 0 Å². The predicted molar refractivity (Wildman–Crippen MR) is 194 cm³/mol. The van der Waals surface area contributed by atoms with E-state index in [4.69, 9.17) is 23.7 Å². The van der Waals surface area contributed by atoms with Crippen LogP contribution < -0.4 is 0 Å². The van der Waals surface area contributed by atoms with Crippen LogP contribution in [0.2, 0.25) is 0 Å². The Kier molecular flexibility index (Phi) is 9.90. The van der Waals surface area contributed by atoms with Gasteiger partial charge >= 0.3 is 0 Å². The van der Waals surface area contributed by atoms with E-state index in [2.05, 4.69) is 34.6 Å². The van der Waals surface area contributed by atoms with E-state index in [1.54, 1.807) is 13.8 Å². The smallest absolute Gasteiger partial charge is 0.186 e. The third-order valence-electron chi connectivity index (χ3n) is 17.6. The van der Waals surface area contributed by atoms with Crippen LogP contribution in [0.15, 0.2) is 0 Å². The molecule has 2 spiro atoms. The van der Waals surface area contributed by atoms with E-state index >= 15 is 0 Å². The van der Waals surface area contributed by atoms with Gasteiger partial charge in [0.25, 0.3) is 0 Å². The molecule has 316 valence electrons. The summed E-state index contributed by atoms with van der Waals surface area (Å²) in [5.41, 5.74) is -3.16. The first-order valence-corrected chi connectivity index (χ1v) is 20.9. The first kappa shape index (κ1) is 41.2. The number of fused-ring (bicyclic) bond motifs is 2. The van der Waals surface area contributed by atoms with E-state index in [0.29, 0.717) is 25.7 Å². The fourth-order valence-corrected chi connectivity index (χ4v) is 14.9. The SMILES string of the molecule is CC(C)(O)[C@@H]1CC[C@](C)([C@H]2[C@@H](O)C[C@@]3(C)[C@@H]4C[C@H](O[C@@H]5O[C@H](CO)[C@@H](O)[C@H](O)[C@H]5O)[C@H]5C(C)(C)[C@@H](O[C@H]6OC[C@H](O)[C@@H](O)[C@@H]6O)CC[C@@]56C[C@@]46CC[C@]23C)O1. The Labute approximate surface area is 324 Å². The van der Waals surface area contributed by atoms with Crippen molar-refractivity contribution in [1.29, 1.82) is 0 Å². The van der Waals surface area contributed by atoms with Crippen LogP contribution in [0.5, 0.6) is 0 Å². The Bertz CT molecular complexity index is 1460. The monoisotopic (exact) mass is 784 g/mol. The molecule has 0 aromatic rings. The number of hydrogen-bond acceptors (Lipinski definition) is 14. The molecule has 3 saturated heterocycles. The van der Waals surface area contributed by atoms with Crippen molar-refractivity contribution in [2.24, 2.45) is 44.8 Å². The van der Waals surface area contributed by atoms with Crippen LogP contribution in [0.25, 0.3) is 0 Å². The molecule has 0 aromatic heterocycles. The Morgan fingerprint density at radius 3 is 2.05 bits per heavy atom. The second-order valence-corrected chi connectivity index (χ2v) is 21.1. The van der Waals surface area contributed by atoms with Crippen molar-refractivity contribution in [3.63, 3.8) is 0 Å². The lowest BCUT2D eigenvalue weighted by Gasteiger charge is -2.65. The molecule has 21 atom stereocenters. The van der Waals surface area contributed by atoms with E-state index in [0.717, 1.165) is 32.1 Å². The Hall–Kier alpha value is -0.560. The fourth-order valence-electron chi connectivity index (χ4n) is 14.9. The largest absolute Gasteiger partial charge is 0.394 e. The number of aliphatic hydroxyl groups excluding tert-OH is 8. The minimum absolute atomic E-state index is 0.0633. The van der Waals surface area contributed by atoms with Crippen LogP contribution in [0.1, 0.15) is 106 Å². The summed E-state index contributed by atoms with van der Waals surface area (Å²) in [6, 6.07) is 0. The lowest BCUT2D eigenvalue weighted by molar-refractivity contribution is -0.339. The molecule has 8 fully saturated rings. The van der Waals surface area contributed by atoms with E-state index in [9.17, 15) is 46.0 Å². The summed E-state index contributed by atoms with van der Waals surface area (Å²) in [5, 5.41) is 97.2. The molecule has 0 aromatic carbocycles. The first-order valence-electron chi connectivity index (χ1n) is 20.9. The molecule has 3 heterocycles. The summed E-state index contributed by atoms with van der Waals surface area (Å²) >= 11 is 0. The average Bonchev–Trinajstić information content (AvgIpc) is 3.47. The second kappa shape index (κ2) is 13.2. The number of hydrogen-bond donors (Lipinski definition) is 9. The van der Waals surface area contributed by atoms with Crippen LogP contribution in [-0.4, -0.2) is 150 Å². The van der Waals surface area contributed by atoms with Gasteiger partial charge in [-0.15, -0.1) is 0 Å². The van der Waals surface area contributed by atoms with Gasteiger partial charge in [0, 0.05) is 5.92 Å². The Balaban J connectivity index is 1.15. The molecular weight excluding hydrogens is 716 g/mol. The summed E-state index contributed by atoms with van der Waals surface area (Å²) in [6.07, 6.45) is -7.48. The maximum Gasteiger partial charge on any atom is 0.186 e. The van der Waals surface area contributed by atoms with E-state index in [1.165, 1.54) is 0 Å². The lowest BCUT2D eigenvalue weighted by atomic mass is 9.41. The van der Waals surface area contributed by atoms with Crippen molar-refractivity contribution in [1.82, 2.24) is 0 Å². The van der Waals surface area contributed by atoms with Gasteiger partial charge in [-0.2, -0.15) is 0 Å². The van der Waals surface area contributed by atoms with Crippen molar-refractivity contribution in [2.75, 3.05) is 13.2 Å². The topological polar surface area (TPSA) is 228 Å². The average molecular weight is 785 g/mol. The van der Waals surface area contributed by atoms with Crippen LogP contribution in [0, 0.1) is 44.8 Å². The number of aliphatic hydroxyl groups is 9. The standard InChI is InChI=1S/C41H68O14/c1-35(2)24(54-33-29(48)26(45)20(44)17-51-33)9-11-41-18-40(41)13-12-37(5)31(39(7)10-8-25(55-39)36(3,4)50)19(43)15-38(37,6)23(40)14-21(32(35)41)52-34-30(49)28(47)27(46)22(16-42)53-34/h19-34,42-50H,8-18H2,1-7H3/t19-,20-,21-,22+,23-,24-,25-,26+,27+,28-,29-,30+,31-,32-,33+,34+,37+,38-,39+,40-,41+/m0/s1. The molecule has 5 saturated carbocycles. The zero-order valence-electron chi connectivity index (χ0n) is 33.6. The molecule has 0 bridgehead atoms. The first-order chi connectivity index (χ1) is 25.5. The van der Waals surface area contributed by atoms with Crippen LogP contribution >= 0.6 is 0 Å². The maximum atomic E-state index is 12.2. The predicted octanol–water partition coefficient (Wildman–Crippen LogP) is 0.724. The van der Waals surface area contributed by atoms with E-state index < -0.39 is 96.8 Å². The number of ether oxygens (including phenoxy) is 5. The van der Waals surface area contributed by atoms with Gasteiger partial charge in [0.1, 0.15) is 42.7 Å². The van der Waals surface area contributed by atoms with Gasteiger partial charge in [-0.25, -0.2) is 0 Å². The summed E-state index contributed by atoms with van der Waals surface area (Å²) in [4.78, 5) is 0. The minimum Gasteiger partial charge on any atom is -0.394 e. The highest BCUT2D eigenvalue weighted by Gasteiger charge is 2.85. The molecule has 0 amide bonds. The van der Waals surface area contributed by atoms with Gasteiger partial charge in [-0.1, -0.05) is 27.7 Å². The minimum atomic E-state index is -1.60. The molecule has 8 rings (SSSR count). The fraction of sp³-hybridized carbons (Fsp3) is 1.00. The molecule has 5 aliphatic carbocycles. The van der Waals surface area contributed by atoms with Crippen LogP contribution in [0.4, 0.5) is 0 Å². The summed E-state index contributed by atoms with van der Waals surface area (Å²) < 4.78 is 31.9. The highest BCUT2D eigenvalue weighted by Crippen LogP contribution is 2.89. The number of rotatable bonds is 7. The Morgan fingerprint density at radius 2 is 1.40 bits per heavy atom. The molecule has 14 nitrogen and oxygen atoms in total. The van der Waals surface area contributed by atoms with Crippen LogP contribution in [0.3, 0.4) is 0 Å². The van der Waals surface area contributed by atoms with Crippen LogP contribution in [-0.2, 0) is 23.7 Å². The third kappa shape index (κ3) is 5.70. The van der Waals surface area contributed by atoms with Gasteiger partial charge in [0.2, 0.25) is 0 Å². The highest BCUT2D eigenvalue weighted by atomic mass is 16.7. The van der Waals surface area contributed by atoms with E-state index in [1.807, 2.05) is 0 Å². The molecule has 3 aliphatic heterocycles. The van der Waals surface area contributed by atoms with E-state index in [-0.39, 0.29) is 52.1 Å². The van der Waals surface area contributed by atoms with Gasteiger partial charge in [0.05, 0.1) is 48.8 Å². The summed E-state index contributed by atoms with van der Waals surface area (Å²) in [7, 11) is 0. The van der Waals surface area contributed by atoms with Gasteiger partial charge < -0.3 is 69.6 Å². The van der Waals surface area contributed by atoms with Crippen molar-refractivity contribution in [3.8, 4) is 0 Å². The third-order valence-corrected chi connectivity index (χ3v) is 17.6. The van der Waals surface area contributed by atoms with Gasteiger partial charge in [-0.05, 0) is 117 Å². The zero-order chi connectivity index (χ0) is 40.1. The van der Waals surface area contributed by atoms with Gasteiger partial charge in [0.15, 0.2) is 12.6 Å². The van der Waals surface area contributed by atoms with Crippen molar-refractivity contribution in [2.45, 2.75) is 197 Å². The maximum absolute atomic E-state index is 12.2. The molecule has 55 heavy (non-hydrogen) atoms. The molecular formula is C41H68O14. The summed E-state index contributed by atoms with van der Waals surface area (Å²) in [5.74, 6) is -0.215. The molecule has 0 unspecified atom stereocenters. The molecule has 14 heteroatoms.